The fourth-order valence-electron chi connectivity index (χ4n) is 5.09. The molecular weight excluding hydrogens is 538 g/mol. The first-order valence-corrected chi connectivity index (χ1v) is 14.6. The van der Waals surface area contributed by atoms with Gasteiger partial charge in [0.2, 0.25) is 5.43 Å². The van der Waals surface area contributed by atoms with Gasteiger partial charge in [-0.3, -0.25) is 9.59 Å². The summed E-state index contributed by atoms with van der Waals surface area (Å²) in [6.45, 7) is 2.75. The first-order valence-electron chi connectivity index (χ1n) is 13.0. The van der Waals surface area contributed by atoms with Crippen molar-refractivity contribution >= 4 is 61.3 Å². The summed E-state index contributed by atoms with van der Waals surface area (Å²) in [7, 11) is 0. The molecule has 204 valence electrons. The highest BCUT2D eigenvalue weighted by atomic mass is 32.1. The molecule has 13 heteroatoms. The second kappa shape index (κ2) is 10.9. The van der Waals surface area contributed by atoms with Gasteiger partial charge in [0.15, 0.2) is 11.3 Å². The fourth-order valence-corrected chi connectivity index (χ4v) is 7.05. The molecule has 4 aromatic heterocycles. The number of carbonyl (C=O) groups is 1. The number of hydrogen-bond donors (Lipinski definition) is 4. The molecule has 11 nitrogen and oxygen atoms in total. The number of aromatic nitrogens is 2. The van der Waals surface area contributed by atoms with Crippen molar-refractivity contribution in [2.75, 3.05) is 41.8 Å². The summed E-state index contributed by atoms with van der Waals surface area (Å²) >= 11 is 2.80. The quantitative estimate of drug-likeness (QED) is 0.262. The van der Waals surface area contributed by atoms with E-state index in [0.717, 1.165) is 58.2 Å². The first kappa shape index (κ1) is 25.7. The van der Waals surface area contributed by atoms with E-state index in [2.05, 4.69) is 30.6 Å². The Bertz CT molecular complexity index is 1560. The predicted molar refractivity (Wildman–Crippen MR) is 153 cm³/mol. The van der Waals surface area contributed by atoms with E-state index in [1.54, 1.807) is 18.5 Å². The summed E-state index contributed by atoms with van der Waals surface area (Å²) in [6.07, 6.45) is 7.72. The molecule has 1 aliphatic heterocycles. The summed E-state index contributed by atoms with van der Waals surface area (Å²) in [5.74, 6) is -0.0939. The van der Waals surface area contributed by atoms with Crippen LogP contribution in [0.3, 0.4) is 0 Å². The highest BCUT2D eigenvalue weighted by molar-refractivity contribution is 7.23. The second-order valence-electron chi connectivity index (χ2n) is 9.84. The van der Waals surface area contributed by atoms with Crippen molar-refractivity contribution in [3.8, 4) is 10.4 Å². The average molecular weight is 569 g/mol. The van der Waals surface area contributed by atoms with Gasteiger partial charge in [-0.05, 0) is 30.4 Å². The van der Waals surface area contributed by atoms with Crippen LogP contribution in [0.1, 0.15) is 36.2 Å². The van der Waals surface area contributed by atoms with Crippen LogP contribution in [0.2, 0.25) is 0 Å². The fraction of sp³-hybridized carbons (Fsp3) is 0.385. The van der Waals surface area contributed by atoms with Gasteiger partial charge in [0.05, 0.1) is 51.4 Å². The van der Waals surface area contributed by atoms with Crippen molar-refractivity contribution in [2.45, 2.75) is 37.8 Å². The molecule has 1 saturated carbocycles. The third-order valence-electron chi connectivity index (χ3n) is 7.17. The Morgan fingerprint density at radius 1 is 1.18 bits per heavy atom. The molecule has 1 aliphatic carbocycles. The first-order chi connectivity index (χ1) is 19.0. The van der Waals surface area contributed by atoms with Gasteiger partial charge in [-0.15, -0.1) is 11.3 Å². The number of nitrogens with zero attached hydrogens (tertiary/aromatic N) is 3. The van der Waals surface area contributed by atoms with Crippen molar-refractivity contribution in [1.29, 1.82) is 0 Å². The van der Waals surface area contributed by atoms with Crippen molar-refractivity contribution in [3.63, 3.8) is 0 Å². The van der Waals surface area contributed by atoms with Crippen molar-refractivity contribution in [1.82, 2.24) is 9.36 Å². The lowest BCUT2D eigenvalue weighted by molar-refractivity contribution is -0.427. The number of rotatable bonds is 7. The molecule has 2 aliphatic rings. The molecule has 0 bridgehead atoms. The van der Waals surface area contributed by atoms with E-state index in [9.17, 15) is 9.59 Å². The summed E-state index contributed by atoms with van der Waals surface area (Å²) in [4.78, 5) is 32.2. The number of carbonyl (C=O) groups excluding carboxylic acids is 1. The predicted octanol–water partition coefficient (Wildman–Crippen LogP) is 3.02. The van der Waals surface area contributed by atoms with E-state index in [0.29, 0.717) is 36.3 Å². The van der Waals surface area contributed by atoms with Gasteiger partial charge in [0.1, 0.15) is 18.1 Å². The maximum absolute atomic E-state index is 12.8. The number of anilines is 4. The van der Waals surface area contributed by atoms with Crippen LogP contribution in [0.4, 0.5) is 22.2 Å². The van der Waals surface area contributed by atoms with Gasteiger partial charge in [-0.25, -0.2) is 4.98 Å². The second-order valence-corrected chi connectivity index (χ2v) is 11.7. The number of nitrogens with two attached hydrogens (primary N) is 1. The zero-order chi connectivity index (χ0) is 26.9. The third-order valence-corrected chi connectivity index (χ3v) is 9.19. The Balaban J connectivity index is 1.28. The van der Waals surface area contributed by atoms with E-state index in [4.69, 9.17) is 14.9 Å². The minimum atomic E-state index is -0.631. The molecule has 1 amide bonds. The Hall–Kier alpha value is -3.52. The van der Waals surface area contributed by atoms with Crippen LogP contribution < -0.4 is 32.4 Å². The Morgan fingerprint density at radius 3 is 2.79 bits per heavy atom. The number of fused-ring (bicyclic) bond motifs is 1. The van der Waals surface area contributed by atoms with E-state index >= 15 is 0 Å². The largest absolute Gasteiger partial charge is 0.459 e. The van der Waals surface area contributed by atoms with Gasteiger partial charge >= 0.3 is 0 Å². The van der Waals surface area contributed by atoms with E-state index in [1.807, 2.05) is 12.1 Å². The van der Waals surface area contributed by atoms with Gasteiger partial charge in [-0.2, -0.15) is 4.37 Å². The molecule has 5 heterocycles. The lowest BCUT2D eigenvalue weighted by atomic mass is 9.91. The van der Waals surface area contributed by atoms with Crippen LogP contribution in [0.25, 0.3) is 20.7 Å². The summed E-state index contributed by atoms with van der Waals surface area (Å²) < 4.78 is 16.5. The number of ether oxygens (including phenoxy) is 1. The van der Waals surface area contributed by atoms with Crippen LogP contribution in [0, 0.1) is 0 Å². The number of primary amides is 1. The van der Waals surface area contributed by atoms with Crippen LogP contribution in [-0.4, -0.2) is 53.7 Å². The number of amides is 1. The SMILES string of the molecule is NC(=O)c1ncc(N[C@H]2CCCC[C@H]2[NH3+])cc1Nc1cc(-c2coc3c(=O)cc(N4CCOCC4)sc23)sn1. The highest BCUT2D eigenvalue weighted by Crippen LogP contribution is 2.39. The standard InChI is InChI=1S/C26H29N7O4S2/c27-16-3-1-2-4-17(16)30-14-9-18(23(26(28)35)29-12-14)31-21-11-20(39-32-21)15-13-37-24-19(34)10-22(38-25(15)24)33-5-7-36-8-6-33/h9-13,16-17,30H,1-8,27H2,(H2,28,35)(H,31,32)/p+1/t16-,17+/m1/s1. The van der Waals surface area contributed by atoms with E-state index in [1.165, 1.54) is 29.3 Å². The monoisotopic (exact) mass is 568 g/mol. The van der Waals surface area contributed by atoms with Gasteiger partial charge < -0.3 is 36.2 Å². The molecule has 7 N–H and O–H groups in total. The maximum Gasteiger partial charge on any atom is 0.269 e. The lowest BCUT2D eigenvalue weighted by Crippen LogP contribution is -2.68. The number of hydrogen-bond acceptors (Lipinski definition) is 11. The maximum atomic E-state index is 12.8. The van der Waals surface area contributed by atoms with Gasteiger partial charge in [0, 0.05) is 37.2 Å². The molecule has 0 spiro atoms. The van der Waals surface area contributed by atoms with E-state index in [-0.39, 0.29) is 17.2 Å². The molecule has 0 radical (unpaired) electrons. The van der Waals surface area contributed by atoms with Crippen molar-refractivity contribution in [2.24, 2.45) is 5.73 Å². The number of nitrogens with one attached hydrogen (secondary N) is 2. The minimum Gasteiger partial charge on any atom is -0.459 e. The summed E-state index contributed by atoms with van der Waals surface area (Å²) in [5.41, 5.74) is 12.3. The molecule has 2 atom stereocenters. The molecule has 0 unspecified atom stereocenters. The molecular formula is C26H30N7O4S2+. The Labute approximate surface area is 232 Å². The number of quaternary nitrogens is 1. The zero-order valence-corrected chi connectivity index (χ0v) is 22.9. The summed E-state index contributed by atoms with van der Waals surface area (Å²) in [6, 6.07) is 5.90. The average Bonchev–Trinajstić information content (AvgIpc) is 3.58. The van der Waals surface area contributed by atoms with Gasteiger partial charge in [0.25, 0.3) is 5.91 Å². The normalized spacial score (nSPS) is 19.8. The molecule has 2 fully saturated rings. The molecule has 0 aromatic carbocycles. The van der Waals surface area contributed by atoms with Gasteiger partial charge in [-0.1, -0.05) is 6.42 Å². The summed E-state index contributed by atoms with van der Waals surface area (Å²) in [5, 5.41) is 7.63. The van der Waals surface area contributed by atoms with E-state index < -0.39 is 5.91 Å². The number of furan rings is 1. The van der Waals surface area contributed by atoms with Crippen molar-refractivity contribution in [3.05, 3.63) is 46.6 Å². The molecule has 1 saturated heterocycles. The zero-order valence-electron chi connectivity index (χ0n) is 21.3. The van der Waals surface area contributed by atoms with Crippen LogP contribution in [0.15, 0.2) is 39.9 Å². The van der Waals surface area contributed by atoms with Crippen LogP contribution in [0.5, 0.6) is 0 Å². The number of pyridine rings is 1. The molecule has 6 rings (SSSR count). The topological polar surface area (TPSA) is 163 Å². The highest BCUT2D eigenvalue weighted by Gasteiger charge is 2.25. The Kier molecular flexibility index (Phi) is 7.21. The Morgan fingerprint density at radius 2 is 2.00 bits per heavy atom. The van der Waals surface area contributed by atoms with Crippen LogP contribution in [-0.2, 0) is 4.74 Å². The van der Waals surface area contributed by atoms with Crippen LogP contribution >= 0.6 is 22.9 Å². The van der Waals surface area contributed by atoms with Crippen molar-refractivity contribution < 1.29 is 19.7 Å². The smallest absolute Gasteiger partial charge is 0.269 e. The third kappa shape index (κ3) is 5.35. The molecule has 4 aromatic rings. The minimum absolute atomic E-state index is 0.132. The molecule has 39 heavy (non-hydrogen) atoms. The lowest BCUT2D eigenvalue weighted by Gasteiger charge is -2.27. The number of morpholine rings is 1.